The minimum Gasteiger partial charge on any atom is -0.355 e. The van der Waals surface area contributed by atoms with Gasteiger partial charge in [-0.05, 0) is 24.6 Å². The normalized spacial score (nSPS) is 12.8. The van der Waals surface area contributed by atoms with Crippen LogP contribution in [0.3, 0.4) is 0 Å². The van der Waals surface area contributed by atoms with E-state index in [1.165, 1.54) is 11.1 Å². The summed E-state index contributed by atoms with van der Waals surface area (Å²) >= 11 is 0. The zero-order valence-electron chi connectivity index (χ0n) is 14.4. The summed E-state index contributed by atoms with van der Waals surface area (Å²) in [5, 5.41) is 6.15. The molecule has 0 radical (unpaired) electrons. The van der Waals surface area contributed by atoms with Crippen LogP contribution in [0.5, 0.6) is 0 Å². The first-order valence-electron chi connectivity index (χ1n) is 8.22. The zero-order valence-corrected chi connectivity index (χ0v) is 15.2. The predicted octanol–water partition coefficient (Wildman–Crippen LogP) is 3.41. The van der Waals surface area contributed by atoms with E-state index < -0.39 is 0 Å². The van der Waals surface area contributed by atoms with Crippen molar-refractivity contribution in [3.8, 4) is 0 Å². The van der Waals surface area contributed by atoms with Gasteiger partial charge in [-0.25, -0.2) is 0 Å². The molecule has 3 nitrogen and oxygen atoms in total. The molecule has 2 N–H and O–H groups in total. The molecule has 0 aliphatic carbocycles. The molecule has 1 amide bonds. The Hall–Kier alpha value is -1.84. The van der Waals surface area contributed by atoms with Crippen molar-refractivity contribution in [2.75, 3.05) is 20.1 Å². The minimum atomic E-state index is -0.0202. The molecule has 2 aromatic carbocycles. The Balaban J connectivity index is 0.00000288. The van der Waals surface area contributed by atoms with Gasteiger partial charge in [0.1, 0.15) is 0 Å². The van der Waals surface area contributed by atoms with Crippen LogP contribution in [0.25, 0.3) is 0 Å². The highest BCUT2D eigenvalue weighted by Crippen LogP contribution is 2.20. The average Bonchev–Trinajstić information content (AvgIpc) is 2.60. The molecule has 2 aromatic rings. The topological polar surface area (TPSA) is 41.1 Å². The molecule has 0 aliphatic rings. The Morgan fingerprint density at radius 3 is 2.12 bits per heavy atom. The molecular weight excluding hydrogens is 320 g/mol. The van der Waals surface area contributed by atoms with Crippen LogP contribution in [0, 0.1) is 5.92 Å². The van der Waals surface area contributed by atoms with Crippen molar-refractivity contribution in [3.63, 3.8) is 0 Å². The van der Waals surface area contributed by atoms with Crippen molar-refractivity contribution in [1.29, 1.82) is 0 Å². The first kappa shape index (κ1) is 20.2. The summed E-state index contributed by atoms with van der Waals surface area (Å²) in [4.78, 5) is 12.2. The van der Waals surface area contributed by atoms with Crippen molar-refractivity contribution in [3.05, 3.63) is 71.8 Å². The second-order valence-corrected chi connectivity index (χ2v) is 6.00. The van der Waals surface area contributed by atoms with Gasteiger partial charge in [-0.15, -0.1) is 12.4 Å². The van der Waals surface area contributed by atoms with Crippen molar-refractivity contribution in [1.82, 2.24) is 10.6 Å². The van der Waals surface area contributed by atoms with E-state index in [1.807, 2.05) is 26.1 Å². The van der Waals surface area contributed by atoms with Gasteiger partial charge < -0.3 is 10.6 Å². The lowest BCUT2D eigenvalue weighted by Gasteiger charge is -2.20. The maximum atomic E-state index is 12.2. The fourth-order valence-corrected chi connectivity index (χ4v) is 2.73. The number of carbonyl (C=O) groups is 1. The Kier molecular flexibility index (Phi) is 9.13. The van der Waals surface area contributed by atoms with E-state index in [4.69, 9.17) is 0 Å². The number of halogens is 1. The third-order valence-electron chi connectivity index (χ3n) is 4.08. The van der Waals surface area contributed by atoms with Gasteiger partial charge in [-0.3, -0.25) is 4.79 Å². The average molecular weight is 347 g/mol. The largest absolute Gasteiger partial charge is 0.355 e. The molecule has 0 spiro atoms. The lowest BCUT2D eigenvalue weighted by atomic mass is 9.91. The van der Waals surface area contributed by atoms with Crippen LogP contribution >= 0.6 is 12.4 Å². The SMILES string of the molecule is CNCC(C)C(=O)NCC(Cc1ccccc1)c1ccccc1.Cl. The quantitative estimate of drug-likeness (QED) is 0.769. The summed E-state index contributed by atoms with van der Waals surface area (Å²) in [6.07, 6.45) is 0.922. The number of carbonyl (C=O) groups excluding carboxylic acids is 1. The molecule has 0 aliphatic heterocycles. The molecule has 0 saturated heterocycles. The first-order valence-corrected chi connectivity index (χ1v) is 8.22. The van der Waals surface area contributed by atoms with Crippen LogP contribution in [0.4, 0.5) is 0 Å². The molecule has 0 aromatic heterocycles. The van der Waals surface area contributed by atoms with Gasteiger partial charge in [-0.2, -0.15) is 0 Å². The van der Waals surface area contributed by atoms with E-state index in [1.54, 1.807) is 0 Å². The van der Waals surface area contributed by atoms with Crippen molar-refractivity contribution in [2.24, 2.45) is 5.92 Å². The third-order valence-corrected chi connectivity index (χ3v) is 4.08. The molecule has 0 bridgehead atoms. The summed E-state index contributed by atoms with van der Waals surface area (Å²) in [7, 11) is 1.87. The van der Waals surface area contributed by atoms with E-state index in [-0.39, 0.29) is 30.2 Å². The molecule has 2 rings (SSSR count). The highest BCUT2D eigenvalue weighted by molar-refractivity contribution is 5.85. The molecule has 130 valence electrons. The summed E-state index contributed by atoms with van der Waals surface area (Å²) in [5.74, 6) is 0.367. The lowest BCUT2D eigenvalue weighted by molar-refractivity contribution is -0.124. The van der Waals surface area contributed by atoms with Gasteiger partial charge in [0.05, 0.1) is 0 Å². The smallest absolute Gasteiger partial charge is 0.224 e. The van der Waals surface area contributed by atoms with Crippen molar-refractivity contribution >= 4 is 18.3 Å². The van der Waals surface area contributed by atoms with Crippen LogP contribution in [0.15, 0.2) is 60.7 Å². The molecule has 0 fully saturated rings. The number of hydrogen-bond donors (Lipinski definition) is 2. The Bertz CT molecular complexity index is 589. The van der Waals surface area contributed by atoms with Gasteiger partial charge >= 0.3 is 0 Å². The van der Waals surface area contributed by atoms with E-state index in [9.17, 15) is 4.79 Å². The molecule has 2 atom stereocenters. The van der Waals surface area contributed by atoms with Crippen molar-refractivity contribution < 1.29 is 4.79 Å². The van der Waals surface area contributed by atoms with Crippen LogP contribution < -0.4 is 10.6 Å². The molecule has 4 heteroatoms. The Labute approximate surface area is 151 Å². The van der Waals surface area contributed by atoms with E-state index in [0.29, 0.717) is 13.1 Å². The van der Waals surface area contributed by atoms with Crippen LogP contribution in [0.1, 0.15) is 24.0 Å². The standard InChI is InChI=1S/C20H26N2O.ClH/c1-16(14-21-2)20(23)22-15-19(18-11-7-4-8-12-18)13-17-9-5-3-6-10-17;/h3-12,16,19,21H,13-15H2,1-2H3,(H,22,23);1H. The third kappa shape index (κ3) is 6.34. The van der Waals surface area contributed by atoms with Gasteiger partial charge in [0, 0.05) is 24.9 Å². The van der Waals surface area contributed by atoms with Crippen LogP contribution in [-0.4, -0.2) is 26.0 Å². The van der Waals surface area contributed by atoms with Gasteiger partial charge in [-0.1, -0.05) is 67.6 Å². The zero-order chi connectivity index (χ0) is 16.5. The maximum Gasteiger partial charge on any atom is 0.224 e. The summed E-state index contributed by atoms with van der Waals surface area (Å²) in [6.45, 7) is 3.30. The molecule has 0 heterocycles. The molecule has 24 heavy (non-hydrogen) atoms. The number of hydrogen-bond acceptors (Lipinski definition) is 2. The predicted molar refractivity (Wildman–Crippen MR) is 103 cm³/mol. The lowest BCUT2D eigenvalue weighted by Crippen LogP contribution is -2.36. The maximum absolute atomic E-state index is 12.2. The molecule has 2 unspecified atom stereocenters. The second-order valence-electron chi connectivity index (χ2n) is 6.00. The summed E-state index contributed by atoms with van der Waals surface area (Å²) in [5.41, 5.74) is 2.55. The van der Waals surface area contributed by atoms with E-state index in [0.717, 1.165) is 6.42 Å². The van der Waals surface area contributed by atoms with Crippen LogP contribution in [0.2, 0.25) is 0 Å². The monoisotopic (exact) mass is 346 g/mol. The fraction of sp³-hybridized carbons (Fsp3) is 0.350. The first-order chi connectivity index (χ1) is 11.2. The molecular formula is C20H27ClN2O. The van der Waals surface area contributed by atoms with Gasteiger partial charge in [0.15, 0.2) is 0 Å². The highest BCUT2D eigenvalue weighted by atomic mass is 35.5. The summed E-state index contributed by atoms with van der Waals surface area (Å²) < 4.78 is 0. The Morgan fingerprint density at radius 1 is 0.958 bits per heavy atom. The van der Waals surface area contributed by atoms with E-state index in [2.05, 4.69) is 59.2 Å². The number of nitrogens with one attached hydrogen (secondary N) is 2. The minimum absolute atomic E-state index is 0. The van der Waals surface area contributed by atoms with Gasteiger partial charge in [0.25, 0.3) is 0 Å². The number of amides is 1. The van der Waals surface area contributed by atoms with Crippen molar-refractivity contribution in [2.45, 2.75) is 19.3 Å². The highest BCUT2D eigenvalue weighted by Gasteiger charge is 2.16. The van der Waals surface area contributed by atoms with E-state index >= 15 is 0 Å². The van der Waals surface area contributed by atoms with Gasteiger partial charge in [0.2, 0.25) is 5.91 Å². The Morgan fingerprint density at radius 2 is 1.54 bits per heavy atom. The van der Waals surface area contributed by atoms with Crippen LogP contribution in [-0.2, 0) is 11.2 Å². The number of rotatable bonds is 8. The second kappa shape index (κ2) is 10.8. The fourth-order valence-electron chi connectivity index (χ4n) is 2.73. The molecule has 0 saturated carbocycles. The summed E-state index contributed by atoms with van der Waals surface area (Å²) in [6, 6.07) is 20.8. The number of benzene rings is 2.